The molecule has 0 bridgehead atoms. The molecule has 1 atom stereocenters. The fourth-order valence-corrected chi connectivity index (χ4v) is 2.58. The highest BCUT2D eigenvalue weighted by atomic mass is 35.5. The number of hydrogen-bond donors (Lipinski definition) is 1. The lowest BCUT2D eigenvalue weighted by Gasteiger charge is -2.18. The maximum atomic E-state index is 6.11. The van der Waals surface area contributed by atoms with E-state index < -0.39 is 0 Å². The molecule has 0 spiro atoms. The molecule has 0 amide bonds. The molecule has 1 unspecified atom stereocenters. The molecule has 0 aliphatic heterocycles. The molecule has 0 saturated heterocycles. The second-order valence-corrected chi connectivity index (χ2v) is 5.66. The number of rotatable bonds is 6. The fraction of sp³-hybridized carbons (Fsp3) is 0.400. The van der Waals surface area contributed by atoms with Gasteiger partial charge in [0.1, 0.15) is 0 Å². The van der Waals surface area contributed by atoms with Crippen LogP contribution in [-0.4, -0.2) is 16.3 Å². The Morgan fingerprint density at radius 1 is 1.30 bits per heavy atom. The maximum Gasteiger partial charge on any atom is 0.0595 e. The third-order valence-electron chi connectivity index (χ3n) is 3.28. The summed E-state index contributed by atoms with van der Waals surface area (Å²) in [4.78, 5) is 0. The highest BCUT2D eigenvalue weighted by Crippen LogP contribution is 2.27. The first-order chi connectivity index (χ1) is 9.60. The first-order valence-corrected chi connectivity index (χ1v) is 7.51. The summed E-state index contributed by atoms with van der Waals surface area (Å²) in [7, 11) is 1.93. The zero-order chi connectivity index (χ0) is 14.5. The van der Waals surface area contributed by atoms with Gasteiger partial charge < -0.3 is 5.32 Å². The normalized spacial score (nSPS) is 12.6. The van der Waals surface area contributed by atoms with Gasteiger partial charge in [-0.3, -0.25) is 4.68 Å². The van der Waals surface area contributed by atoms with E-state index in [0.717, 1.165) is 19.4 Å². The van der Waals surface area contributed by atoms with Crippen molar-refractivity contribution in [2.24, 2.45) is 7.05 Å². The Morgan fingerprint density at radius 2 is 2.10 bits per heavy atom. The van der Waals surface area contributed by atoms with E-state index in [0.29, 0.717) is 10.0 Å². The minimum atomic E-state index is 0.273. The fourth-order valence-electron chi connectivity index (χ4n) is 2.27. The summed E-state index contributed by atoms with van der Waals surface area (Å²) in [5.74, 6) is 0. The molecule has 20 heavy (non-hydrogen) atoms. The summed E-state index contributed by atoms with van der Waals surface area (Å²) in [6.45, 7) is 3.02. The second-order valence-electron chi connectivity index (χ2n) is 4.84. The molecule has 2 aromatic rings. The summed E-state index contributed by atoms with van der Waals surface area (Å²) >= 11 is 12.1. The highest BCUT2D eigenvalue weighted by Gasteiger charge is 2.12. The van der Waals surface area contributed by atoms with E-state index in [4.69, 9.17) is 23.2 Å². The molecule has 0 aliphatic carbocycles. The molecule has 3 nitrogen and oxygen atoms in total. The Morgan fingerprint density at radius 3 is 2.70 bits per heavy atom. The third kappa shape index (κ3) is 3.98. The van der Waals surface area contributed by atoms with Gasteiger partial charge in [-0.25, -0.2) is 0 Å². The Hall–Kier alpha value is -1.03. The number of nitrogens with zero attached hydrogens (tertiary/aromatic N) is 2. The molecule has 0 fully saturated rings. The number of aryl methyl sites for hydroxylation is 2. The van der Waals surface area contributed by atoms with Gasteiger partial charge in [-0.1, -0.05) is 36.2 Å². The number of nitrogens with one attached hydrogen (secondary N) is 1. The summed E-state index contributed by atoms with van der Waals surface area (Å²) in [6, 6.07) is 6.11. The van der Waals surface area contributed by atoms with Gasteiger partial charge >= 0.3 is 0 Å². The SMILES string of the molecule is CCNC(CCc1cnn(C)c1)c1ccc(Cl)c(Cl)c1. The van der Waals surface area contributed by atoms with Crippen molar-refractivity contribution in [3.05, 3.63) is 51.8 Å². The molecule has 1 aromatic heterocycles. The van der Waals surface area contributed by atoms with Crippen molar-refractivity contribution in [3.8, 4) is 0 Å². The van der Waals surface area contributed by atoms with Crippen LogP contribution in [0.5, 0.6) is 0 Å². The lowest BCUT2D eigenvalue weighted by molar-refractivity contribution is 0.515. The Kier molecular flexibility index (Phi) is 5.46. The van der Waals surface area contributed by atoms with Gasteiger partial charge in [0.05, 0.1) is 16.2 Å². The summed E-state index contributed by atoms with van der Waals surface area (Å²) in [5.41, 5.74) is 2.42. The average molecular weight is 312 g/mol. The van der Waals surface area contributed by atoms with E-state index in [1.54, 1.807) is 0 Å². The quantitative estimate of drug-likeness (QED) is 0.873. The van der Waals surface area contributed by atoms with Gasteiger partial charge in [0, 0.05) is 19.3 Å². The van der Waals surface area contributed by atoms with Crippen LogP contribution in [0, 0.1) is 0 Å². The van der Waals surface area contributed by atoms with Crippen molar-refractivity contribution >= 4 is 23.2 Å². The smallest absolute Gasteiger partial charge is 0.0595 e. The monoisotopic (exact) mass is 311 g/mol. The highest BCUT2D eigenvalue weighted by molar-refractivity contribution is 6.42. The van der Waals surface area contributed by atoms with Crippen LogP contribution in [0.15, 0.2) is 30.6 Å². The van der Waals surface area contributed by atoms with Crippen molar-refractivity contribution in [1.82, 2.24) is 15.1 Å². The van der Waals surface area contributed by atoms with Gasteiger partial charge in [-0.2, -0.15) is 5.10 Å². The second kappa shape index (κ2) is 7.11. The lowest BCUT2D eigenvalue weighted by Crippen LogP contribution is -2.21. The first-order valence-electron chi connectivity index (χ1n) is 6.76. The van der Waals surface area contributed by atoms with E-state index >= 15 is 0 Å². The summed E-state index contributed by atoms with van der Waals surface area (Å²) < 4.78 is 1.83. The van der Waals surface area contributed by atoms with Crippen molar-refractivity contribution < 1.29 is 0 Å². The lowest BCUT2D eigenvalue weighted by atomic mass is 10.00. The number of benzene rings is 1. The molecule has 1 N–H and O–H groups in total. The third-order valence-corrected chi connectivity index (χ3v) is 4.02. The van der Waals surface area contributed by atoms with Gasteiger partial charge in [0.2, 0.25) is 0 Å². The summed E-state index contributed by atoms with van der Waals surface area (Å²) in [6.07, 6.45) is 5.94. The summed E-state index contributed by atoms with van der Waals surface area (Å²) in [5, 5.41) is 8.89. The van der Waals surface area contributed by atoms with Crippen LogP contribution >= 0.6 is 23.2 Å². The molecule has 0 saturated carbocycles. The average Bonchev–Trinajstić information content (AvgIpc) is 2.84. The van der Waals surface area contributed by atoms with Crippen LogP contribution < -0.4 is 5.32 Å². The minimum Gasteiger partial charge on any atom is -0.310 e. The van der Waals surface area contributed by atoms with E-state index in [1.807, 2.05) is 36.1 Å². The van der Waals surface area contributed by atoms with E-state index in [9.17, 15) is 0 Å². The zero-order valence-electron chi connectivity index (χ0n) is 11.7. The van der Waals surface area contributed by atoms with Crippen LogP contribution in [0.2, 0.25) is 10.0 Å². The van der Waals surface area contributed by atoms with Gasteiger partial charge in [0.15, 0.2) is 0 Å². The van der Waals surface area contributed by atoms with Gasteiger partial charge in [-0.15, -0.1) is 0 Å². The van der Waals surface area contributed by atoms with Crippen LogP contribution in [0.25, 0.3) is 0 Å². The molecule has 0 aliphatic rings. The molecule has 2 rings (SSSR count). The largest absolute Gasteiger partial charge is 0.310 e. The van der Waals surface area contributed by atoms with Gasteiger partial charge in [-0.05, 0) is 42.6 Å². The number of hydrogen-bond acceptors (Lipinski definition) is 2. The standard InChI is InChI=1S/C15H19Cl2N3/c1-3-18-15(7-4-11-9-19-20(2)10-11)12-5-6-13(16)14(17)8-12/h5-6,8-10,15,18H,3-4,7H2,1-2H3. The molecule has 108 valence electrons. The molecular weight excluding hydrogens is 293 g/mol. The molecular formula is C15H19Cl2N3. The predicted octanol–water partition coefficient (Wildman–Crippen LogP) is 4.01. The first kappa shape index (κ1) is 15.4. The van der Waals surface area contributed by atoms with Crippen LogP contribution in [-0.2, 0) is 13.5 Å². The van der Waals surface area contributed by atoms with E-state index in [-0.39, 0.29) is 6.04 Å². The van der Waals surface area contributed by atoms with Crippen LogP contribution in [0.4, 0.5) is 0 Å². The minimum absolute atomic E-state index is 0.273. The van der Waals surface area contributed by atoms with Gasteiger partial charge in [0.25, 0.3) is 0 Å². The molecule has 0 radical (unpaired) electrons. The molecule has 1 aromatic carbocycles. The van der Waals surface area contributed by atoms with Crippen molar-refractivity contribution in [1.29, 1.82) is 0 Å². The molecule has 5 heteroatoms. The topological polar surface area (TPSA) is 29.9 Å². The number of aromatic nitrogens is 2. The van der Waals surface area contributed by atoms with Crippen molar-refractivity contribution in [3.63, 3.8) is 0 Å². The van der Waals surface area contributed by atoms with Crippen LogP contribution in [0.3, 0.4) is 0 Å². The van der Waals surface area contributed by atoms with E-state index in [1.165, 1.54) is 11.1 Å². The van der Waals surface area contributed by atoms with Crippen molar-refractivity contribution in [2.75, 3.05) is 6.54 Å². The Balaban J connectivity index is 2.07. The number of halogens is 2. The van der Waals surface area contributed by atoms with Crippen LogP contribution in [0.1, 0.15) is 30.5 Å². The maximum absolute atomic E-state index is 6.11. The predicted molar refractivity (Wildman–Crippen MR) is 84.4 cm³/mol. The molecule has 1 heterocycles. The van der Waals surface area contributed by atoms with E-state index in [2.05, 4.69) is 23.5 Å². The van der Waals surface area contributed by atoms with Crippen molar-refractivity contribution in [2.45, 2.75) is 25.8 Å². The Bertz CT molecular complexity index is 566. The zero-order valence-corrected chi connectivity index (χ0v) is 13.2. The Labute approximate surface area is 129 Å².